The summed E-state index contributed by atoms with van der Waals surface area (Å²) in [7, 11) is -3.29. The lowest BCUT2D eigenvalue weighted by Gasteiger charge is -2.30. The lowest BCUT2D eigenvalue weighted by atomic mass is 9.94. The maximum Gasteiger partial charge on any atom is 0.241 e. The van der Waals surface area contributed by atoms with E-state index < -0.39 is 27.7 Å². The van der Waals surface area contributed by atoms with Crippen LogP contribution >= 0.6 is 11.8 Å². The predicted octanol–water partition coefficient (Wildman–Crippen LogP) is 1.66. The number of allylic oxidation sites excluding steroid dienone is 2. The van der Waals surface area contributed by atoms with E-state index in [1.54, 1.807) is 17.8 Å². The zero-order valence-electron chi connectivity index (χ0n) is 17.4. The Morgan fingerprint density at radius 2 is 2.10 bits per heavy atom. The molecule has 0 bridgehead atoms. The molecule has 8 nitrogen and oxygen atoms in total. The molecule has 11 heteroatoms. The van der Waals surface area contributed by atoms with Gasteiger partial charge in [0, 0.05) is 31.6 Å². The molecule has 3 aliphatic heterocycles. The molecule has 0 spiro atoms. The molecule has 0 saturated carbocycles. The SMILES string of the molecule is CS(=O)(=O)N1CCC[C@@H](N=C2C=C(F)C3C(=O)NC(CSC4CCOCC4)=NC3=C2)C1. The minimum Gasteiger partial charge on any atom is -0.381 e. The molecule has 2 atom stereocenters. The molecule has 31 heavy (non-hydrogen) atoms. The third-order valence-electron chi connectivity index (χ3n) is 5.73. The Morgan fingerprint density at radius 1 is 1.32 bits per heavy atom. The van der Waals surface area contributed by atoms with Crippen LogP contribution in [0.2, 0.25) is 0 Å². The molecule has 4 aliphatic rings. The van der Waals surface area contributed by atoms with Gasteiger partial charge in [-0.3, -0.25) is 9.79 Å². The first-order valence-corrected chi connectivity index (χ1v) is 13.4. The van der Waals surface area contributed by atoms with Crippen LogP contribution in [-0.4, -0.2) is 79.8 Å². The highest BCUT2D eigenvalue weighted by molar-refractivity contribution is 8.00. The molecule has 1 unspecified atom stereocenters. The lowest BCUT2D eigenvalue weighted by Crippen LogP contribution is -2.43. The van der Waals surface area contributed by atoms with Gasteiger partial charge < -0.3 is 10.1 Å². The van der Waals surface area contributed by atoms with E-state index in [1.807, 2.05) is 0 Å². The van der Waals surface area contributed by atoms with Crippen LogP contribution in [0.15, 0.2) is 33.7 Å². The number of thioether (sulfide) groups is 1. The van der Waals surface area contributed by atoms with Gasteiger partial charge in [-0.1, -0.05) is 0 Å². The average Bonchev–Trinajstić information content (AvgIpc) is 2.72. The van der Waals surface area contributed by atoms with Crippen LogP contribution in [0.1, 0.15) is 25.7 Å². The minimum atomic E-state index is -3.29. The molecule has 0 aromatic carbocycles. The monoisotopic (exact) mass is 470 g/mol. The number of rotatable bonds is 5. The summed E-state index contributed by atoms with van der Waals surface area (Å²) in [6, 6.07) is -0.249. The number of ether oxygens (including phenoxy) is 1. The second kappa shape index (κ2) is 9.51. The molecule has 2 fully saturated rings. The van der Waals surface area contributed by atoms with E-state index >= 15 is 0 Å². The smallest absolute Gasteiger partial charge is 0.241 e. The van der Waals surface area contributed by atoms with Gasteiger partial charge in [-0.15, -0.1) is 0 Å². The standard InChI is InChI=1S/C20H27FN4O4S2/c1-31(27,28)25-6-2-3-13(11-25)22-14-9-16(21)19-17(10-14)23-18(24-20(19)26)12-30-15-4-7-29-8-5-15/h9-10,13,15,19H,2-8,11-12H2,1H3,(H,23,24,26)/t13-,19?/m1/s1. The third-order valence-corrected chi connectivity index (χ3v) is 8.38. The summed E-state index contributed by atoms with van der Waals surface area (Å²) < 4.78 is 45.2. The van der Waals surface area contributed by atoms with Gasteiger partial charge in [0.25, 0.3) is 0 Å². The van der Waals surface area contributed by atoms with E-state index in [2.05, 4.69) is 15.3 Å². The van der Waals surface area contributed by atoms with Crippen molar-refractivity contribution in [2.24, 2.45) is 15.9 Å². The fourth-order valence-corrected chi connectivity index (χ4v) is 6.08. The van der Waals surface area contributed by atoms with Gasteiger partial charge in [0.15, 0.2) is 0 Å². The molecule has 170 valence electrons. The van der Waals surface area contributed by atoms with Crippen molar-refractivity contribution in [3.8, 4) is 0 Å². The summed E-state index contributed by atoms with van der Waals surface area (Å²) >= 11 is 1.72. The zero-order valence-corrected chi connectivity index (χ0v) is 19.1. The number of piperidine rings is 1. The first-order valence-electron chi connectivity index (χ1n) is 10.5. The maximum absolute atomic E-state index is 14.7. The van der Waals surface area contributed by atoms with Crippen LogP contribution in [-0.2, 0) is 19.6 Å². The topological polar surface area (TPSA) is 100 Å². The predicted molar refractivity (Wildman–Crippen MR) is 120 cm³/mol. The van der Waals surface area contributed by atoms with E-state index in [0.29, 0.717) is 41.2 Å². The number of aliphatic imine (C=N–C) groups is 2. The zero-order chi connectivity index (χ0) is 22.0. The van der Waals surface area contributed by atoms with Crippen LogP contribution in [0, 0.1) is 5.92 Å². The van der Waals surface area contributed by atoms with Gasteiger partial charge in [-0.25, -0.2) is 22.1 Å². The Bertz CT molecular complexity index is 954. The van der Waals surface area contributed by atoms with Crippen molar-refractivity contribution in [2.45, 2.75) is 37.0 Å². The Labute approximate surface area is 186 Å². The largest absolute Gasteiger partial charge is 0.381 e. The van der Waals surface area contributed by atoms with Crippen molar-refractivity contribution in [2.75, 3.05) is 38.3 Å². The van der Waals surface area contributed by atoms with E-state index in [4.69, 9.17) is 4.74 Å². The summed E-state index contributed by atoms with van der Waals surface area (Å²) in [4.78, 5) is 21.6. The lowest BCUT2D eigenvalue weighted by molar-refractivity contribution is -0.122. The molecular weight excluding hydrogens is 443 g/mol. The second-order valence-corrected chi connectivity index (χ2v) is 11.4. The summed E-state index contributed by atoms with van der Waals surface area (Å²) in [5.41, 5.74) is 0.736. The van der Waals surface area contributed by atoms with Gasteiger partial charge in [-0.2, -0.15) is 11.8 Å². The van der Waals surface area contributed by atoms with Crippen LogP contribution < -0.4 is 5.32 Å². The van der Waals surface area contributed by atoms with Crippen molar-refractivity contribution in [3.63, 3.8) is 0 Å². The van der Waals surface area contributed by atoms with Crippen LogP contribution in [0.4, 0.5) is 4.39 Å². The maximum atomic E-state index is 14.7. The highest BCUT2D eigenvalue weighted by atomic mass is 32.2. The number of nitrogens with zero attached hydrogens (tertiary/aromatic N) is 3. The molecule has 1 aliphatic carbocycles. The molecule has 0 aromatic heterocycles. The quantitative estimate of drug-likeness (QED) is 0.659. The van der Waals surface area contributed by atoms with Crippen molar-refractivity contribution in [1.82, 2.24) is 9.62 Å². The average molecular weight is 471 g/mol. The highest BCUT2D eigenvalue weighted by Crippen LogP contribution is 2.31. The molecule has 4 rings (SSSR count). The van der Waals surface area contributed by atoms with Crippen molar-refractivity contribution >= 4 is 39.2 Å². The molecule has 1 N–H and O–H groups in total. The van der Waals surface area contributed by atoms with Gasteiger partial charge >= 0.3 is 0 Å². The number of halogens is 1. The number of carbonyl (C=O) groups excluding carboxylic acids is 1. The van der Waals surface area contributed by atoms with E-state index in [-0.39, 0.29) is 12.6 Å². The second-order valence-electron chi connectivity index (χ2n) is 8.17. The number of hydrogen-bond donors (Lipinski definition) is 1. The van der Waals surface area contributed by atoms with Gasteiger partial charge in [0.05, 0.1) is 29.5 Å². The van der Waals surface area contributed by atoms with Crippen LogP contribution in [0.25, 0.3) is 0 Å². The summed E-state index contributed by atoms with van der Waals surface area (Å²) in [5.74, 6) is -0.986. The molecule has 2 saturated heterocycles. The van der Waals surface area contributed by atoms with Gasteiger partial charge in [0.1, 0.15) is 17.6 Å². The van der Waals surface area contributed by atoms with E-state index in [9.17, 15) is 17.6 Å². The Morgan fingerprint density at radius 3 is 2.84 bits per heavy atom. The Hall–Kier alpha value is -1.56. The number of carbonyl (C=O) groups is 1. The number of amidine groups is 1. The normalized spacial score (nSPS) is 29.7. The third kappa shape index (κ3) is 5.63. The number of nitrogens with one attached hydrogen (secondary N) is 1. The van der Waals surface area contributed by atoms with Crippen LogP contribution in [0.5, 0.6) is 0 Å². The molecule has 3 heterocycles. The van der Waals surface area contributed by atoms with E-state index in [0.717, 1.165) is 32.5 Å². The number of amides is 1. The molecule has 0 radical (unpaired) electrons. The van der Waals surface area contributed by atoms with Crippen LogP contribution in [0.3, 0.4) is 0 Å². The Kier molecular flexibility index (Phi) is 6.95. The fourth-order valence-electron chi connectivity index (χ4n) is 4.12. The van der Waals surface area contributed by atoms with Crippen molar-refractivity contribution < 1.29 is 22.3 Å². The van der Waals surface area contributed by atoms with Crippen molar-refractivity contribution in [1.29, 1.82) is 0 Å². The molecule has 0 aromatic rings. The molecule has 1 amide bonds. The number of fused-ring (bicyclic) bond motifs is 1. The van der Waals surface area contributed by atoms with Crippen molar-refractivity contribution in [3.05, 3.63) is 23.7 Å². The van der Waals surface area contributed by atoms with E-state index in [1.165, 1.54) is 16.6 Å². The van der Waals surface area contributed by atoms with Gasteiger partial charge in [-0.05, 0) is 37.8 Å². The van der Waals surface area contributed by atoms with Gasteiger partial charge in [0.2, 0.25) is 15.9 Å². The molecular formula is C20H27FN4O4S2. The first-order chi connectivity index (χ1) is 14.8. The Balaban J connectivity index is 1.49. The summed E-state index contributed by atoms with van der Waals surface area (Å²) in [6.07, 6.45) is 7.46. The summed E-state index contributed by atoms with van der Waals surface area (Å²) in [5, 5.41) is 3.19. The number of sulfonamides is 1. The fraction of sp³-hybridized carbons (Fsp3) is 0.650. The summed E-state index contributed by atoms with van der Waals surface area (Å²) in [6.45, 7) is 2.25. The highest BCUT2D eigenvalue weighted by Gasteiger charge is 2.35. The number of hydrogen-bond acceptors (Lipinski definition) is 7. The minimum absolute atomic E-state index is 0.249. The first kappa shape index (κ1) is 22.6.